The van der Waals surface area contributed by atoms with Crippen LogP contribution in [0.25, 0.3) is 0 Å². The Hall–Kier alpha value is -2.21. The fraction of sp³-hybridized carbons (Fsp3) is 0.444. The third kappa shape index (κ3) is 3.64. The summed E-state index contributed by atoms with van der Waals surface area (Å²) in [7, 11) is 0. The van der Waals surface area contributed by atoms with Crippen LogP contribution in [0.1, 0.15) is 19.3 Å². The minimum absolute atomic E-state index is 0.285. The summed E-state index contributed by atoms with van der Waals surface area (Å²) >= 11 is 0. The van der Waals surface area contributed by atoms with Crippen LogP contribution in [0.5, 0.6) is 11.6 Å². The standard InChI is InChI=1S/C18H21FN4O/c19-14-2-6-16(7-3-14)24-18-13-20-12-17(21-18)23-9-1-8-22(10-11-23)15-4-5-15/h2-3,6-7,12-13,15H,1,4-5,8-11H2. The smallest absolute Gasteiger partial charge is 0.239 e. The van der Waals surface area contributed by atoms with E-state index in [0.717, 1.165) is 37.9 Å². The number of hydrogen-bond donors (Lipinski definition) is 0. The van der Waals surface area contributed by atoms with Gasteiger partial charge in [-0.05, 0) is 43.5 Å². The molecule has 24 heavy (non-hydrogen) atoms. The van der Waals surface area contributed by atoms with Gasteiger partial charge in [0, 0.05) is 32.2 Å². The number of anilines is 1. The van der Waals surface area contributed by atoms with Crippen molar-refractivity contribution in [3.8, 4) is 11.6 Å². The number of nitrogens with zero attached hydrogens (tertiary/aromatic N) is 4. The second-order valence-corrected chi connectivity index (χ2v) is 6.38. The lowest BCUT2D eigenvalue weighted by Crippen LogP contribution is -2.32. The van der Waals surface area contributed by atoms with Gasteiger partial charge >= 0.3 is 0 Å². The molecule has 0 bridgehead atoms. The van der Waals surface area contributed by atoms with Crippen molar-refractivity contribution in [1.82, 2.24) is 14.9 Å². The molecule has 4 rings (SSSR count). The lowest BCUT2D eigenvalue weighted by molar-refractivity contribution is 0.283. The molecule has 5 nitrogen and oxygen atoms in total. The van der Waals surface area contributed by atoms with Crippen molar-refractivity contribution in [3.05, 3.63) is 42.5 Å². The molecular formula is C18H21FN4O. The molecule has 126 valence electrons. The molecule has 2 aromatic rings. The number of ether oxygens (including phenoxy) is 1. The first-order valence-corrected chi connectivity index (χ1v) is 8.52. The Morgan fingerprint density at radius 3 is 2.62 bits per heavy atom. The van der Waals surface area contributed by atoms with Crippen molar-refractivity contribution in [3.63, 3.8) is 0 Å². The van der Waals surface area contributed by atoms with Crippen LogP contribution < -0.4 is 9.64 Å². The molecule has 0 spiro atoms. The highest BCUT2D eigenvalue weighted by Gasteiger charge is 2.30. The first-order chi connectivity index (χ1) is 11.8. The fourth-order valence-corrected chi connectivity index (χ4v) is 3.13. The van der Waals surface area contributed by atoms with Crippen molar-refractivity contribution in [1.29, 1.82) is 0 Å². The van der Waals surface area contributed by atoms with E-state index >= 15 is 0 Å². The van der Waals surface area contributed by atoms with Crippen LogP contribution in [0, 0.1) is 5.82 Å². The first-order valence-electron chi connectivity index (χ1n) is 8.52. The zero-order chi connectivity index (χ0) is 16.4. The molecule has 6 heteroatoms. The summed E-state index contributed by atoms with van der Waals surface area (Å²) in [5.41, 5.74) is 0. The highest BCUT2D eigenvalue weighted by molar-refractivity contribution is 5.39. The molecule has 2 fully saturated rings. The lowest BCUT2D eigenvalue weighted by Gasteiger charge is -2.22. The maximum Gasteiger partial charge on any atom is 0.239 e. The van der Waals surface area contributed by atoms with Gasteiger partial charge < -0.3 is 9.64 Å². The van der Waals surface area contributed by atoms with Gasteiger partial charge in [-0.1, -0.05) is 0 Å². The first kappa shape index (κ1) is 15.3. The molecule has 1 saturated heterocycles. The zero-order valence-corrected chi connectivity index (χ0v) is 13.6. The van der Waals surface area contributed by atoms with Crippen molar-refractivity contribution in [2.24, 2.45) is 0 Å². The molecule has 0 atom stereocenters. The summed E-state index contributed by atoms with van der Waals surface area (Å²) in [6.45, 7) is 4.19. The molecule has 1 aliphatic heterocycles. The van der Waals surface area contributed by atoms with E-state index in [-0.39, 0.29) is 5.82 Å². The second kappa shape index (κ2) is 6.73. The molecule has 2 aliphatic rings. The SMILES string of the molecule is Fc1ccc(Oc2cncc(N3CCCN(C4CC4)CC3)n2)cc1. The molecule has 0 amide bonds. The molecule has 2 heterocycles. The van der Waals surface area contributed by atoms with Crippen molar-refractivity contribution in [2.75, 3.05) is 31.1 Å². The van der Waals surface area contributed by atoms with E-state index in [4.69, 9.17) is 4.74 Å². The van der Waals surface area contributed by atoms with E-state index in [1.165, 1.54) is 31.5 Å². The molecule has 0 radical (unpaired) electrons. The quantitative estimate of drug-likeness (QED) is 0.863. The molecular weight excluding hydrogens is 307 g/mol. The predicted molar refractivity (Wildman–Crippen MR) is 89.9 cm³/mol. The van der Waals surface area contributed by atoms with Gasteiger partial charge in [-0.25, -0.2) is 4.39 Å². The average molecular weight is 328 g/mol. The number of rotatable bonds is 4. The largest absolute Gasteiger partial charge is 0.437 e. The Balaban J connectivity index is 1.44. The van der Waals surface area contributed by atoms with Gasteiger partial charge in [-0.3, -0.25) is 9.88 Å². The van der Waals surface area contributed by atoms with Crippen LogP contribution in [-0.4, -0.2) is 47.1 Å². The van der Waals surface area contributed by atoms with Gasteiger partial charge in [0.05, 0.1) is 12.4 Å². The van der Waals surface area contributed by atoms with Crippen LogP contribution in [0.15, 0.2) is 36.7 Å². The summed E-state index contributed by atoms with van der Waals surface area (Å²) < 4.78 is 18.7. The molecule has 1 aromatic carbocycles. The van der Waals surface area contributed by atoms with Crippen LogP contribution in [0.4, 0.5) is 10.2 Å². The Labute approximate surface area is 141 Å². The maximum absolute atomic E-state index is 13.0. The van der Waals surface area contributed by atoms with Crippen LogP contribution >= 0.6 is 0 Å². The summed E-state index contributed by atoms with van der Waals surface area (Å²) in [5.74, 6) is 1.54. The molecule has 1 aliphatic carbocycles. The summed E-state index contributed by atoms with van der Waals surface area (Å²) in [5, 5.41) is 0. The Morgan fingerprint density at radius 1 is 1.00 bits per heavy atom. The second-order valence-electron chi connectivity index (χ2n) is 6.38. The van der Waals surface area contributed by atoms with E-state index in [1.54, 1.807) is 24.5 Å². The number of aromatic nitrogens is 2. The summed E-state index contributed by atoms with van der Waals surface area (Å²) in [6, 6.07) is 6.72. The van der Waals surface area contributed by atoms with Crippen LogP contribution in [0.2, 0.25) is 0 Å². The van der Waals surface area contributed by atoms with E-state index in [9.17, 15) is 4.39 Å². The highest BCUT2D eigenvalue weighted by Crippen LogP contribution is 2.28. The van der Waals surface area contributed by atoms with E-state index in [2.05, 4.69) is 19.8 Å². The van der Waals surface area contributed by atoms with Crippen molar-refractivity contribution >= 4 is 5.82 Å². The number of hydrogen-bond acceptors (Lipinski definition) is 5. The van der Waals surface area contributed by atoms with Gasteiger partial charge in [0.2, 0.25) is 5.88 Å². The predicted octanol–water partition coefficient (Wildman–Crippen LogP) is 3.08. The third-order valence-electron chi connectivity index (χ3n) is 4.55. The van der Waals surface area contributed by atoms with Crippen molar-refractivity contribution < 1.29 is 9.13 Å². The summed E-state index contributed by atoms with van der Waals surface area (Å²) in [4.78, 5) is 13.7. The minimum Gasteiger partial charge on any atom is -0.437 e. The molecule has 0 N–H and O–H groups in total. The Kier molecular flexibility index (Phi) is 4.30. The van der Waals surface area contributed by atoms with Gasteiger partial charge in [0.25, 0.3) is 0 Å². The van der Waals surface area contributed by atoms with E-state index in [1.807, 2.05) is 0 Å². The maximum atomic E-state index is 13.0. The van der Waals surface area contributed by atoms with Crippen LogP contribution in [0.3, 0.4) is 0 Å². The van der Waals surface area contributed by atoms with Gasteiger partial charge in [0.1, 0.15) is 11.6 Å². The van der Waals surface area contributed by atoms with Gasteiger partial charge in [-0.2, -0.15) is 4.98 Å². The third-order valence-corrected chi connectivity index (χ3v) is 4.55. The monoisotopic (exact) mass is 328 g/mol. The zero-order valence-electron chi connectivity index (χ0n) is 13.6. The van der Waals surface area contributed by atoms with Gasteiger partial charge in [-0.15, -0.1) is 0 Å². The van der Waals surface area contributed by atoms with Crippen molar-refractivity contribution in [2.45, 2.75) is 25.3 Å². The molecule has 1 saturated carbocycles. The lowest BCUT2D eigenvalue weighted by atomic mass is 10.3. The fourth-order valence-electron chi connectivity index (χ4n) is 3.13. The normalized spacial score (nSPS) is 19.1. The number of halogens is 1. The van der Waals surface area contributed by atoms with Crippen LogP contribution in [-0.2, 0) is 0 Å². The average Bonchev–Trinajstić information content (AvgIpc) is 3.43. The molecule has 1 aromatic heterocycles. The Morgan fingerprint density at radius 2 is 1.83 bits per heavy atom. The van der Waals surface area contributed by atoms with Gasteiger partial charge in [0.15, 0.2) is 5.82 Å². The van der Waals surface area contributed by atoms with E-state index < -0.39 is 0 Å². The molecule has 0 unspecified atom stereocenters. The number of benzene rings is 1. The topological polar surface area (TPSA) is 41.5 Å². The highest BCUT2D eigenvalue weighted by atomic mass is 19.1. The Bertz CT molecular complexity index is 690. The minimum atomic E-state index is -0.285. The van der Waals surface area contributed by atoms with E-state index in [0.29, 0.717) is 11.6 Å². The summed E-state index contributed by atoms with van der Waals surface area (Å²) in [6.07, 6.45) is 7.20.